The predicted octanol–water partition coefficient (Wildman–Crippen LogP) is 5.89. The number of aromatic amines is 1. The molecule has 0 saturated heterocycles. The number of carbonyl (C=O) groups excluding carboxylic acids is 1. The molecule has 1 fully saturated rings. The lowest BCUT2D eigenvalue weighted by Gasteiger charge is -2.24. The van der Waals surface area contributed by atoms with Crippen LogP contribution >= 0.6 is 11.9 Å². The minimum Gasteiger partial charge on any atom is -0.307 e. The number of fused-ring (bicyclic) bond motifs is 1. The summed E-state index contributed by atoms with van der Waals surface area (Å²) in [6.07, 6.45) is 8.81. The van der Waals surface area contributed by atoms with E-state index in [0.29, 0.717) is 27.9 Å². The average molecular weight is 590 g/mol. The van der Waals surface area contributed by atoms with E-state index >= 15 is 0 Å². The van der Waals surface area contributed by atoms with Crippen LogP contribution in [0.5, 0.6) is 0 Å². The molecule has 1 saturated carbocycles. The summed E-state index contributed by atoms with van der Waals surface area (Å²) in [7, 11) is 0. The Kier molecular flexibility index (Phi) is 8.64. The number of H-pyrrole nitrogens is 1. The quantitative estimate of drug-likeness (QED) is 0.115. The molecule has 0 atom stereocenters. The summed E-state index contributed by atoms with van der Waals surface area (Å²) >= 11 is 0.118. The van der Waals surface area contributed by atoms with Gasteiger partial charge in [-0.3, -0.25) is 19.3 Å². The Morgan fingerprint density at radius 3 is 2.34 bits per heavy atom. The number of pyridine rings is 1. The van der Waals surface area contributed by atoms with Gasteiger partial charge in [-0.2, -0.15) is 5.10 Å². The van der Waals surface area contributed by atoms with E-state index in [1.54, 1.807) is 18.3 Å². The van der Waals surface area contributed by atoms with Crippen molar-refractivity contribution in [3.05, 3.63) is 93.4 Å². The van der Waals surface area contributed by atoms with Gasteiger partial charge in [-0.15, -0.1) is 0 Å². The second-order valence-corrected chi connectivity index (χ2v) is 10.6. The number of hydrogen-bond acceptors (Lipinski definition) is 6. The van der Waals surface area contributed by atoms with Gasteiger partial charge in [0.05, 0.1) is 24.7 Å². The van der Waals surface area contributed by atoms with Crippen LogP contribution in [0, 0.1) is 29.1 Å². The lowest BCUT2D eigenvalue weighted by atomic mass is 9.86. The number of aromatic nitrogens is 3. The predicted molar refractivity (Wildman–Crippen MR) is 144 cm³/mol. The largest absolute Gasteiger partial charge is 0.307 e. The molecule has 214 valence electrons. The third-order valence-corrected chi connectivity index (χ3v) is 7.89. The molecule has 0 spiro atoms. The molecule has 4 aromatic rings. The molecule has 1 aliphatic rings. The highest BCUT2D eigenvalue weighted by molar-refractivity contribution is 7.97. The van der Waals surface area contributed by atoms with Crippen molar-refractivity contribution in [1.82, 2.24) is 19.9 Å². The first-order valence-corrected chi connectivity index (χ1v) is 13.7. The Morgan fingerprint density at radius 1 is 0.951 bits per heavy atom. The van der Waals surface area contributed by atoms with Gasteiger partial charge in [0.1, 0.15) is 4.90 Å². The number of rotatable bonds is 8. The molecule has 0 aliphatic heterocycles. The van der Waals surface area contributed by atoms with Crippen LogP contribution < -0.4 is 15.2 Å². The van der Waals surface area contributed by atoms with Crippen molar-refractivity contribution >= 4 is 34.3 Å². The zero-order chi connectivity index (χ0) is 29.1. The van der Waals surface area contributed by atoms with E-state index in [2.05, 4.69) is 19.9 Å². The SMILES string of the molecule is O=C(CNSc1c(F)c(F)c(F)c(F)c1F)N(Cc1ccc(C2CCCCC2)nc1)c1ccc2c(=O)[nH]ncc2c1. The fraction of sp³-hybridized carbons (Fsp3) is 0.286. The smallest absolute Gasteiger partial charge is 0.272 e. The maximum atomic E-state index is 14.1. The lowest BCUT2D eigenvalue weighted by molar-refractivity contribution is -0.117. The standard InChI is InChI=1S/C28H24F5N5O2S/c29-22-23(30)25(32)27(26(33)24(22)31)41-36-13-21(39)38(18-7-8-19-17(10-18)12-35-37-28(19)40)14-15-6-9-20(34-11-15)16-4-2-1-3-5-16/h6-12,16,36H,1-5,13-14H2,(H,37,40). The summed E-state index contributed by atoms with van der Waals surface area (Å²) in [5, 5.41) is 6.95. The van der Waals surface area contributed by atoms with Crippen LogP contribution in [0.3, 0.4) is 0 Å². The molecule has 1 aliphatic carbocycles. The molecule has 13 heteroatoms. The van der Waals surface area contributed by atoms with Crippen LogP contribution in [0.4, 0.5) is 27.6 Å². The molecular weight excluding hydrogens is 565 g/mol. The van der Waals surface area contributed by atoms with Crippen LogP contribution in [0.1, 0.15) is 49.3 Å². The van der Waals surface area contributed by atoms with Gasteiger partial charge >= 0.3 is 0 Å². The average Bonchev–Trinajstić information content (AvgIpc) is 3.00. The third kappa shape index (κ3) is 6.10. The van der Waals surface area contributed by atoms with Crippen molar-refractivity contribution in [2.24, 2.45) is 0 Å². The Hall–Kier alpha value is -3.84. The fourth-order valence-electron chi connectivity index (χ4n) is 4.87. The van der Waals surface area contributed by atoms with Gasteiger partial charge in [-0.05, 0) is 54.6 Å². The number of hydrogen-bond donors (Lipinski definition) is 2. The van der Waals surface area contributed by atoms with Gasteiger partial charge in [0.2, 0.25) is 11.7 Å². The van der Waals surface area contributed by atoms with Crippen molar-refractivity contribution in [3.63, 3.8) is 0 Å². The Bertz CT molecular complexity index is 1610. The molecule has 41 heavy (non-hydrogen) atoms. The van der Waals surface area contributed by atoms with Crippen molar-refractivity contribution in [3.8, 4) is 0 Å². The summed E-state index contributed by atoms with van der Waals surface area (Å²) in [5.41, 5.74) is 1.68. The Balaban J connectivity index is 1.38. The number of carbonyl (C=O) groups is 1. The van der Waals surface area contributed by atoms with Gasteiger partial charge in [0.15, 0.2) is 23.3 Å². The molecule has 1 amide bonds. The minimum absolute atomic E-state index is 0.0633. The van der Waals surface area contributed by atoms with Gasteiger partial charge in [0.25, 0.3) is 5.56 Å². The maximum absolute atomic E-state index is 14.1. The van der Waals surface area contributed by atoms with Crippen LogP contribution in [-0.4, -0.2) is 27.6 Å². The number of nitrogens with one attached hydrogen (secondary N) is 2. The molecule has 0 radical (unpaired) electrons. The van der Waals surface area contributed by atoms with Gasteiger partial charge in [0, 0.05) is 28.9 Å². The summed E-state index contributed by atoms with van der Waals surface area (Å²) in [4.78, 5) is 30.3. The highest BCUT2D eigenvalue weighted by atomic mass is 32.2. The van der Waals surface area contributed by atoms with Crippen molar-refractivity contribution in [1.29, 1.82) is 0 Å². The van der Waals surface area contributed by atoms with E-state index < -0.39 is 52.0 Å². The number of anilines is 1. The highest BCUT2D eigenvalue weighted by Crippen LogP contribution is 2.32. The number of amides is 1. The van der Waals surface area contributed by atoms with E-state index in [1.807, 2.05) is 12.1 Å². The summed E-state index contributed by atoms with van der Waals surface area (Å²) < 4.78 is 71.0. The lowest BCUT2D eigenvalue weighted by Crippen LogP contribution is -2.36. The summed E-state index contributed by atoms with van der Waals surface area (Å²) in [6, 6.07) is 8.51. The molecule has 2 N–H and O–H groups in total. The first kappa shape index (κ1) is 28.7. The Morgan fingerprint density at radius 2 is 1.66 bits per heavy atom. The van der Waals surface area contributed by atoms with Gasteiger partial charge < -0.3 is 4.90 Å². The topological polar surface area (TPSA) is 91.0 Å². The Labute approximate surface area is 235 Å². The third-order valence-electron chi connectivity index (χ3n) is 7.04. The highest BCUT2D eigenvalue weighted by Gasteiger charge is 2.27. The zero-order valence-corrected chi connectivity index (χ0v) is 22.3. The van der Waals surface area contributed by atoms with E-state index in [4.69, 9.17) is 0 Å². The first-order valence-electron chi connectivity index (χ1n) is 12.9. The summed E-state index contributed by atoms with van der Waals surface area (Å²) in [5.74, 6) is -10.6. The second-order valence-electron chi connectivity index (χ2n) is 9.70. The van der Waals surface area contributed by atoms with Crippen molar-refractivity contribution in [2.75, 3.05) is 11.4 Å². The minimum atomic E-state index is -2.26. The van der Waals surface area contributed by atoms with E-state index in [0.717, 1.165) is 31.4 Å². The van der Waals surface area contributed by atoms with E-state index in [9.17, 15) is 31.5 Å². The molecule has 7 nitrogen and oxygen atoms in total. The molecule has 0 bridgehead atoms. The number of nitrogens with zero attached hydrogens (tertiary/aromatic N) is 3. The summed E-state index contributed by atoms with van der Waals surface area (Å²) in [6.45, 7) is -0.461. The molecule has 2 aromatic heterocycles. The number of benzene rings is 2. The normalized spacial score (nSPS) is 14.0. The van der Waals surface area contributed by atoms with Crippen molar-refractivity contribution in [2.45, 2.75) is 49.5 Å². The van der Waals surface area contributed by atoms with E-state index in [1.165, 1.54) is 23.6 Å². The van der Waals surface area contributed by atoms with Gasteiger partial charge in [-0.1, -0.05) is 25.3 Å². The number of halogens is 5. The molecule has 0 unspecified atom stereocenters. The molecular formula is C28H24F5N5O2S. The van der Waals surface area contributed by atoms with Crippen LogP contribution in [-0.2, 0) is 11.3 Å². The van der Waals surface area contributed by atoms with Crippen molar-refractivity contribution < 1.29 is 26.7 Å². The first-order chi connectivity index (χ1) is 19.7. The molecule has 2 heterocycles. The van der Waals surface area contributed by atoms with Crippen LogP contribution in [0.2, 0.25) is 0 Å². The maximum Gasteiger partial charge on any atom is 0.272 e. The monoisotopic (exact) mass is 589 g/mol. The van der Waals surface area contributed by atoms with Crippen LogP contribution in [0.15, 0.2) is 52.4 Å². The van der Waals surface area contributed by atoms with Crippen LogP contribution in [0.25, 0.3) is 10.8 Å². The zero-order valence-electron chi connectivity index (χ0n) is 21.5. The van der Waals surface area contributed by atoms with E-state index in [-0.39, 0.29) is 18.5 Å². The van der Waals surface area contributed by atoms with Gasteiger partial charge in [-0.25, -0.2) is 27.1 Å². The molecule has 2 aromatic carbocycles. The fourth-order valence-corrected chi connectivity index (χ4v) is 5.57. The second kappa shape index (κ2) is 12.4. The molecule has 5 rings (SSSR count).